The standard InChI is InChI=1S/C20H26N4O4/c1-27-20(28-2)13-7-9-23(10-8-13)14-3-4-15-17(11-14)24(12-21-15)16-5-6-18(25)22-19(16)26/h3-4,11-13,16,20H,5-10H2,1-2H3,(H,22,25,26). The van der Waals surface area contributed by atoms with Crippen molar-refractivity contribution in [2.24, 2.45) is 5.92 Å². The molecule has 8 heteroatoms. The lowest BCUT2D eigenvalue weighted by Crippen LogP contribution is -2.41. The number of carbonyl (C=O) groups excluding carboxylic acids is 2. The van der Waals surface area contributed by atoms with Crippen LogP contribution < -0.4 is 10.2 Å². The third kappa shape index (κ3) is 3.49. The Morgan fingerprint density at radius 1 is 1.14 bits per heavy atom. The smallest absolute Gasteiger partial charge is 0.249 e. The third-order valence-corrected chi connectivity index (χ3v) is 5.86. The number of imidazole rings is 1. The maximum Gasteiger partial charge on any atom is 0.249 e. The Hall–Kier alpha value is -2.45. The zero-order valence-electron chi connectivity index (χ0n) is 16.3. The molecule has 2 aromatic rings. The molecule has 1 aromatic carbocycles. The molecule has 28 heavy (non-hydrogen) atoms. The SMILES string of the molecule is COC(OC)C1CCN(c2ccc3ncn(C4CCC(=O)NC4=O)c3c2)CC1. The number of benzene rings is 1. The Balaban J connectivity index is 1.54. The topological polar surface area (TPSA) is 85.7 Å². The summed E-state index contributed by atoms with van der Waals surface area (Å²) >= 11 is 0. The number of imide groups is 1. The van der Waals surface area contributed by atoms with Gasteiger partial charge in [0.15, 0.2) is 6.29 Å². The molecule has 1 aromatic heterocycles. The van der Waals surface area contributed by atoms with Gasteiger partial charge in [-0.2, -0.15) is 0 Å². The van der Waals surface area contributed by atoms with E-state index < -0.39 is 6.04 Å². The van der Waals surface area contributed by atoms with E-state index in [1.807, 2.05) is 10.6 Å². The molecule has 1 atom stereocenters. The van der Waals surface area contributed by atoms with E-state index in [2.05, 4.69) is 27.3 Å². The third-order valence-electron chi connectivity index (χ3n) is 5.86. The van der Waals surface area contributed by atoms with Crippen molar-refractivity contribution in [3.05, 3.63) is 24.5 Å². The van der Waals surface area contributed by atoms with E-state index >= 15 is 0 Å². The molecule has 0 aliphatic carbocycles. The van der Waals surface area contributed by atoms with E-state index in [4.69, 9.17) is 9.47 Å². The summed E-state index contributed by atoms with van der Waals surface area (Å²) in [5, 5.41) is 2.43. The van der Waals surface area contributed by atoms with E-state index in [9.17, 15) is 9.59 Å². The lowest BCUT2D eigenvalue weighted by molar-refractivity contribution is -0.141. The van der Waals surface area contributed by atoms with Gasteiger partial charge in [0.2, 0.25) is 11.8 Å². The summed E-state index contributed by atoms with van der Waals surface area (Å²) in [6.45, 7) is 1.85. The molecule has 0 radical (unpaired) electrons. The second kappa shape index (κ2) is 7.89. The van der Waals surface area contributed by atoms with Crippen molar-refractivity contribution in [2.45, 2.75) is 38.0 Å². The number of piperidine rings is 2. The van der Waals surface area contributed by atoms with Gasteiger partial charge in [-0.25, -0.2) is 4.98 Å². The molecule has 4 rings (SSSR count). The van der Waals surface area contributed by atoms with Crippen molar-refractivity contribution in [2.75, 3.05) is 32.2 Å². The Kier molecular flexibility index (Phi) is 5.32. The van der Waals surface area contributed by atoms with Crippen molar-refractivity contribution < 1.29 is 19.1 Å². The number of carbonyl (C=O) groups is 2. The Morgan fingerprint density at radius 2 is 1.89 bits per heavy atom. The number of aromatic nitrogens is 2. The highest BCUT2D eigenvalue weighted by atomic mass is 16.7. The van der Waals surface area contributed by atoms with Gasteiger partial charge >= 0.3 is 0 Å². The molecule has 2 saturated heterocycles. The minimum Gasteiger partial charge on any atom is -0.371 e. The van der Waals surface area contributed by atoms with Gasteiger partial charge in [-0.1, -0.05) is 0 Å². The predicted octanol–water partition coefficient (Wildman–Crippen LogP) is 1.85. The van der Waals surface area contributed by atoms with Gasteiger partial charge < -0.3 is 18.9 Å². The Labute approximate surface area is 163 Å². The summed E-state index contributed by atoms with van der Waals surface area (Å²) in [7, 11) is 3.37. The van der Waals surface area contributed by atoms with Crippen LogP contribution >= 0.6 is 0 Å². The van der Waals surface area contributed by atoms with Gasteiger partial charge in [0.1, 0.15) is 6.04 Å². The number of nitrogens with zero attached hydrogens (tertiary/aromatic N) is 3. The van der Waals surface area contributed by atoms with Crippen molar-refractivity contribution >= 4 is 28.5 Å². The van der Waals surface area contributed by atoms with Crippen molar-refractivity contribution in [3.8, 4) is 0 Å². The van der Waals surface area contributed by atoms with Crippen LogP contribution in [0.3, 0.4) is 0 Å². The largest absolute Gasteiger partial charge is 0.371 e. The second-order valence-corrected chi connectivity index (χ2v) is 7.46. The molecule has 0 saturated carbocycles. The molecule has 1 N–H and O–H groups in total. The van der Waals surface area contributed by atoms with Gasteiger partial charge in [-0.15, -0.1) is 0 Å². The summed E-state index contributed by atoms with van der Waals surface area (Å²) in [6.07, 6.45) is 4.39. The van der Waals surface area contributed by atoms with Gasteiger partial charge in [-0.05, 0) is 37.5 Å². The highest BCUT2D eigenvalue weighted by Gasteiger charge is 2.30. The summed E-state index contributed by atoms with van der Waals surface area (Å²) in [5.74, 6) is -0.0735. The van der Waals surface area contributed by atoms with Crippen LogP contribution in [0.2, 0.25) is 0 Å². The molecule has 2 aliphatic heterocycles. The number of nitrogens with one attached hydrogen (secondary N) is 1. The van der Waals surface area contributed by atoms with Gasteiger partial charge in [0, 0.05) is 45.3 Å². The molecule has 150 valence electrons. The van der Waals surface area contributed by atoms with E-state index in [1.165, 1.54) is 0 Å². The molecular weight excluding hydrogens is 360 g/mol. The molecular formula is C20H26N4O4. The van der Waals surface area contributed by atoms with E-state index in [0.29, 0.717) is 18.8 Å². The number of amides is 2. The molecule has 0 spiro atoms. The maximum atomic E-state index is 12.3. The van der Waals surface area contributed by atoms with Crippen molar-refractivity contribution in [1.29, 1.82) is 0 Å². The summed E-state index contributed by atoms with van der Waals surface area (Å²) in [5.41, 5.74) is 2.88. The quantitative estimate of drug-likeness (QED) is 0.624. The van der Waals surface area contributed by atoms with Gasteiger partial charge in [0.05, 0.1) is 17.4 Å². The van der Waals surface area contributed by atoms with Crippen LogP contribution in [0.25, 0.3) is 11.0 Å². The first-order valence-corrected chi connectivity index (χ1v) is 9.71. The van der Waals surface area contributed by atoms with Gasteiger partial charge in [0.25, 0.3) is 0 Å². The fourth-order valence-electron chi connectivity index (χ4n) is 4.32. The number of hydrogen-bond donors (Lipinski definition) is 1. The number of rotatable bonds is 5. The average molecular weight is 386 g/mol. The molecule has 2 fully saturated rings. The Bertz CT molecular complexity index is 868. The molecule has 0 bridgehead atoms. The van der Waals surface area contributed by atoms with Crippen LogP contribution in [-0.4, -0.2) is 55.0 Å². The summed E-state index contributed by atoms with van der Waals surface area (Å²) in [4.78, 5) is 30.5. The number of anilines is 1. The number of fused-ring (bicyclic) bond motifs is 1. The minimum atomic E-state index is -0.396. The Morgan fingerprint density at radius 3 is 2.57 bits per heavy atom. The van der Waals surface area contributed by atoms with E-state index in [1.54, 1.807) is 20.5 Å². The van der Waals surface area contributed by atoms with Crippen LogP contribution in [0.1, 0.15) is 31.7 Å². The molecule has 2 aliphatic rings. The molecule has 3 heterocycles. The molecule has 1 unspecified atom stereocenters. The predicted molar refractivity (Wildman–Crippen MR) is 104 cm³/mol. The summed E-state index contributed by atoms with van der Waals surface area (Å²) in [6, 6.07) is 5.77. The lowest BCUT2D eigenvalue weighted by Gasteiger charge is -2.36. The van der Waals surface area contributed by atoms with Crippen LogP contribution in [0.15, 0.2) is 24.5 Å². The fraction of sp³-hybridized carbons (Fsp3) is 0.550. The number of methoxy groups -OCH3 is 2. The second-order valence-electron chi connectivity index (χ2n) is 7.46. The minimum absolute atomic E-state index is 0.154. The van der Waals surface area contributed by atoms with Crippen LogP contribution in [0, 0.1) is 5.92 Å². The van der Waals surface area contributed by atoms with E-state index in [0.717, 1.165) is 42.7 Å². The highest BCUT2D eigenvalue weighted by molar-refractivity contribution is 6.00. The first-order valence-electron chi connectivity index (χ1n) is 9.71. The summed E-state index contributed by atoms with van der Waals surface area (Å²) < 4.78 is 12.7. The van der Waals surface area contributed by atoms with Crippen molar-refractivity contribution in [1.82, 2.24) is 14.9 Å². The number of ether oxygens (including phenoxy) is 2. The monoisotopic (exact) mass is 386 g/mol. The normalized spacial score (nSPS) is 21.5. The maximum absolute atomic E-state index is 12.3. The zero-order chi connectivity index (χ0) is 19.7. The number of hydrogen-bond acceptors (Lipinski definition) is 6. The van der Waals surface area contributed by atoms with Crippen LogP contribution in [0.5, 0.6) is 0 Å². The zero-order valence-corrected chi connectivity index (χ0v) is 16.3. The first-order chi connectivity index (χ1) is 13.6. The first kappa shape index (κ1) is 18.9. The molecule has 2 amide bonds. The van der Waals surface area contributed by atoms with Crippen molar-refractivity contribution in [3.63, 3.8) is 0 Å². The average Bonchev–Trinajstić information content (AvgIpc) is 3.12. The lowest BCUT2D eigenvalue weighted by atomic mass is 9.95. The van der Waals surface area contributed by atoms with Gasteiger partial charge in [-0.3, -0.25) is 14.9 Å². The van der Waals surface area contributed by atoms with Crippen LogP contribution in [-0.2, 0) is 19.1 Å². The highest BCUT2D eigenvalue weighted by Crippen LogP contribution is 2.30. The fourth-order valence-corrected chi connectivity index (χ4v) is 4.32. The van der Waals surface area contributed by atoms with Crippen LogP contribution in [0.4, 0.5) is 5.69 Å². The van der Waals surface area contributed by atoms with E-state index in [-0.39, 0.29) is 18.1 Å². The molecule has 8 nitrogen and oxygen atoms in total.